The van der Waals surface area contributed by atoms with Crippen LogP contribution >= 0.6 is 0 Å². The van der Waals surface area contributed by atoms with Crippen LogP contribution in [0.2, 0.25) is 0 Å². The van der Waals surface area contributed by atoms with Crippen LogP contribution in [0.4, 0.5) is 5.69 Å². The molecule has 2 aliphatic heterocycles. The van der Waals surface area contributed by atoms with Crippen molar-refractivity contribution in [1.82, 2.24) is 9.80 Å². The van der Waals surface area contributed by atoms with Gasteiger partial charge in [-0.15, -0.1) is 0 Å². The van der Waals surface area contributed by atoms with E-state index in [0.29, 0.717) is 12.3 Å². The maximum absolute atomic E-state index is 12.8. The average molecular weight is 345 g/mol. The minimum Gasteiger partial charge on any atom is -0.495 e. The number of carbonyl (C=O) groups excluding carboxylic acids is 2. The smallest absolute Gasteiger partial charge is 0.228 e. The van der Waals surface area contributed by atoms with Crippen molar-refractivity contribution in [2.24, 2.45) is 5.92 Å². The van der Waals surface area contributed by atoms with E-state index < -0.39 is 0 Å². The highest BCUT2D eigenvalue weighted by atomic mass is 16.5. The molecule has 0 N–H and O–H groups in total. The van der Waals surface area contributed by atoms with E-state index >= 15 is 0 Å². The van der Waals surface area contributed by atoms with Crippen molar-refractivity contribution < 1.29 is 14.3 Å². The largest absolute Gasteiger partial charge is 0.495 e. The van der Waals surface area contributed by atoms with Crippen LogP contribution in [0.15, 0.2) is 24.3 Å². The topological polar surface area (TPSA) is 53.1 Å². The molecule has 1 aromatic rings. The number of ether oxygens (including phenoxy) is 1. The van der Waals surface area contributed by atoms with Crippen LogP contribution in [-0.2, 0) is 9.59 Å². The zero-order chi connectivity index (χ0) is 17.8. The number of rotatable bonds is 5. The van der Waals surface area contributed by atoms with E-state index in [-0.39, 0.29) is 24.2 Å². The van der Waals surface area contributed by atoms with E-state index in [1.807, 2.05) is 29.2 Å². The normalized spacial score (nSPS) is 21.7. The summed E-state index contributed by atoms with van der Waals surface area (Å²) in [5, 5.41) is 0. The molecule has 2 amide bonds. The monoisotopic (exact) mass is 345 g/mol. The second-order valence-electron chi connectivity index (χ2n) is 6.74. The Hall–Kier alpha value is -2.08. The predicted molar refractivity (Wildman–Crippen MR) is 96.8 cm³/mol. The lowest BCUT2D eigenvalue weighted by molar-refractivity contribution is -0.137. The first-order valence-electron chi connectivity index (χ1n) is 9.08. The Morgan fingerprint density at radius 1 is 1.20 bits per heavy atom. The lowest BCUT2D eigenvalue weighted by Crippen LogP contribution is -2.50. The van der Waals surface area contributed by atoms with Crippen molar-refractivity contribution in [3.63, 3.8) is 0 Å². The number of hydrogen-bond donors (Lipinski definition) is 0. The van der Waals surface area contributed by atoms with Gasteiger partial charge in [0.15, 0.2) is 0 Å². The maximum Gasteiger partial charge on any atom is 0.228 e. The molecule has 1 atom stereocenters. The summed E-state index contributed by atoms with van der Waals surface area (Å²) >= 11 is 0. The number of amides is 2. The van der Waals surface area contributed by atoms with Crippen molar-refractivity contribution in [1.29, 1.82) is 0 Å². The molecule has 25 heavy (non-hydrogen) atoms. The first-order chi connectivity index (χ1) is 12.1. The standard InChI is InChI=1S/C19H27N3O3/c1-3-8-20-9-11-21(12-10-20)19(24)15-13-18(23)22(14-15)16-6-4-5-7-17(16)25-2/h4-7,15H,3,8-14H2,1-2H3. The van der Waals surface area contributed by atoms with E-state index in [4.69, 9.17) is 4.74 Å². The molecule has 1 unspecified atom stereocenters. The summed E-state index contributed by atoms with van der Waals surface area (Å²) in [4.78, 5) is 31.3. The number of anilines is 1. The fourth-order valence-corrected chi connectivity index (χ4v) is 3.72. The summed E-state index contributed by atoms with van der Waals surface area (Å²) in [6.45, 7) is 7.08. The highest BCUT2D eigenvalue weighted by Gasteiger charge is 2.38. The van der Waals surface area contributed by atoms with Gasteiger partial charge in [0.1, 0.15) is 5.75 Å². The molecule has 136 valence electrons. The fraction of sp³-hybridized carbons (Fsp3) is 0.579. The summed E-state index contributed by atoms with van der Waals surface area (Å²) in [7, 11) is 1.60. The highest BCUT2D eigenvalue weighted by Crippen LogP contribution is 2.33. The molecule has 2 aliphatic rings. The molecule has 6 nitrogen and oxygen atoms in total. The van der Waals surface area contributed by atoms with Crippen molar-refractivity contribution in [2.45, 2.75) is 19.8 Å². The van der Waals surface area contributed by atoms with Gasteiger partial charge in [-0.25, -0.2) is 0 Å². The molecule has 3 rings (SSSR count). The quantitative estimate of drug-likeness (QED) is 0.813. The van der Waals surface area contributed by atoms with Gasteiger partial charge < -0.3 is 14.5 Å². The third kappa shape index (κ3) is 3.79. The van der Waals surface area contributed by atoms with E-state index in [1.165, 1.54) is 0 Å². The molecule has 1 aromatic carbocycles. The number of methoxy groups -OCH3 is 1. The third-order valence-electron chi connectivity index (χ3n) is 5.07. The first kappa shape index (κ1) is 17.7. The van der Waals surface area contributed by atoms with E-state index in [2.05, 4.69) is 11.8 Å². The average Bonchev–Trinajstić information content (AvgIpc) is 3.03. The second kappa shape index (κ2) is 7.87. The molecular formula is C19H27N3O3. The zero-order valence-corrected chi connectivity index (χ0v) is 15.1. The van der Waals surface area contributed by atoms with Gasteiger partial charge in [0.05, 0.1) is 18.7 Å². The minimum atomic E-state index is -0.255. The first-order valence-corrected chi connectivity index (χ1v) is 9.08. The number of piperazine rings is 1. The summed E-state index contributed by atoms with van der Waals surface area (Å²) in [6, 6.07) is 7.46. The summed E-state index contributed by atoms with van der Waals surface area (Å²) in [6.07, 6.45) is 1.42. The number of hydrogen-bond acceptors (Lipinski definition) is 4. The predicted octanol–water partition coefficient (Wildman–Crippen LogP) is 1.60. The molecule has 2 saturated heterocycles. The number of para-hydroxylation sites is 2. The molecule has 0 radical (unpaired) electrons. The van der Waals surface area contributed by atoms with Crippen LogP contribution in [0.5, 0.6) is 5.75 Å². The summed E-state index contributed by atoms with van der Waals surface area (Å²) < 4.78 is 5.36. The van der Waals surface area contributed by atoms with E-state index in [9.17, 15) is 9.59 Å². The summed E-state index contributed by atoms with van der Waals surface area (Å²) in [5.74, 6) is 0.515. The maximum atomic E-state index is 12.8. The van der Waals surface area contributed by atoms with Crippen LogP contribution in [0.3, 0.4) is 0 Å². The molecule has 0 spiro atoms. The van der Waals surface area contributed by atoms with Gasteiger partial charge in [0.25, 0.3) is 0 Å². The van der Waals surface area contributed by atoms with Crippen molar-refractivity contribution >= 4 is 17.5 Å². The SMILES string of the molecule is CCCN1CCN(C(=O)C2CC(=O)N(c3ccccc3OC)C2)CC1. The minimum absolute atomic E-state index is 0.00697. The van der Waals surface area contributed by atoms with Crippen LogP contribution in [0.1, 0.15) is 19.8 Å². The van der Waals surface area contributed by atoms with E-state index in [1.54, 1.807) is 12.0 Å². The molecule has 0 aliphatic carbocycles. The molecule has 6 heteroatoms. The van der Waals surface area contributed by atoms with Gasteiger partial charge in [-0.1, -0.05) is 19.1 Å². The molecule has 0 saturated carbocycles. The van der Waals surface area contributed by atoms with Crippen LogP contribution in [-0.4, -0.2) is 68.0 Å². The molecule has 0 aromatic heterocycles. The van der Waals surface area contributed by atoms with Crippen LogP contribution < -0.4 is 9.64 Å². The Kier molecular flexibility index (Phi) is 5.58. The van der Waals surface area contributed by atoms with Gasteiger partial charge in [-0.3, -0.25) is 14.5 Å². The van der Waals surface area contributed by atoms with E-state index in [0.717, 1.165) is 44.8 Å². The van der Waals surface area contributed by atoms with Crippen LogP contribution in [0, 0.1) is 5.92 Å². The number of nitrogens with zero attached hydrogens (tertiary/aromatic N) is 3. The van der Waals surface area contributed by atoms with Gasteiger partial charge in [-0.2, -0.15) is 0 Å². The Bertz CT molecular complexity index is 626. The second-order valence-corrected chi connectivity index (χ2v) is 6.74. The van der Waals surface area contributed by atoms with Crippen molar-refractivity contribution in [3.05, 3.63) is 24.3 Å². The van der Waals surface area contributed by atoms with Gasteiger partial charge in [0.2, 0.25) is 11.8 Å². The van der Waals surface area contributed by atoms with Gasteiger partial charge >= 0.3 is 0 Å². The van der Waals surface area contributed by atoms with Crippen molar-refractivity contribution in [2.75, 3.05) is 51.3 Å². The third-order valence-corrected chi connectivity index (χ3v) is 5.07. The van der Waals surface area contributed by atoms with Gasteiger partial charge in [0, 0.05) is 39.1 Å². The summed E-state index contributed by atoms with van der Waals surface area (Å²) in [5.41, 5.74) is 0.748. The van der Waals surface area contributed by atoms with Crippen molar-refractivity contribution in [3.8, 4) is 5.75 Å². The molecular weight excluding hydrogens is 318 g/mol. The lowest BCUT2D eigenvalue weighted by atomic mass is 10.1. The fourth-order valence-electron chi connectivity index (χ4n) is 3.72. The Balaban J connectivity index is 1.63. The molecule has 2 fully saturated rings. The highest BCUT2D eigenvalue weighted by molar-refractivity contribution is 6.01. The zero-order valence-electron chi connectivity index (χ0n) is 15.1. The number of carbonyl (C=O) groups is 2. The lowest BCUT2D eigenvalue weighted by Gasteiger charge is -2.35. The Morgan fingerprint density at radius 3 is 2.60 bits per heavy atom. The Labute approximate surface area is 149 Å². The Morgan fingerprint density at radius 2 is 1.92 bits per heavy atom. The van der Waals surface area contributed by atoms with Crippen LogP contribution in [0.25, 0.3) is 0 Å². The van der Waals surface area contributed by atoms with Gasteiger partial charge in [-0.05, 0) is 25.1 Å². The molecule has 0 bridgehead atoms. The molecule has 2 heterocycles. The number of benzene rings is 1.